The number of nitrogens with one attached hydrogen (secondary N) is 2. The molecule has 1 aromatic carbocycles. The second-order valence-corrected chi connectivity index (χ2v) is 4.49. The van der Waals surface area contributed by atoms with Crippen LogP contribution in [0.2, 0.25) is 0 Å². The molecular weight excluding hydrogens is 229 g/mol. The number of aromatic nitrogens is 2. The highest BCUT2D eigenvalue weighted by atomic mass is 19.1. The van der Waals surface area contributed by atoms with Crippen LogP contribution >= 0.6 is 0 Å². The lowest BCUT2D eigenvalue weighted by atomic mass is 10.00. The summed E-state index contributed by atoms with van der Waals surface area (Å²) in [5.74, 6) is -0.170. The van der Waals surface area contributed by atoms with Crippen LogP contribution in [0.5, 0.6) is 0 Å². The first-order valence-electron chi connectivity index (χ1n) is 6.08. The van der Waals surface area contributed by atoms with Crippen LogP contribution in [0.4, 0.5) is 4.39 Å². The number of rotatable bonds is 4. The summed E-state index contributed by atoms with van der Waals surface area (Å²) in [6, 6.07) is 5.19. The van der Waals surface area contributed by atoms with Crippen molar-refractivity contribution >= 4 is 0 Å². The van der Waals surface area contributed by atoms with E-state index < -0.39 is 0 Å². The second-order valence-electron chi connectivity index (χ2n) is 4.49. The molecular formula is C14H18FN3. The smallest absolute Gasteiger partial charge is 0.126 e. The van der Waals surface area contributed by atoms with Crippen LogP contribution in [-0.4, -0.2) is 23.8 Å². The first kappa shape index (κ1) is 12.8. The summed E-state index contributed by atoms with van der Waals surface area (Å²) in [6.45, 7) is 4.64. The van der Waals surface area contributed by atoms with Crippen LogP contribution in [0, 0.1) is 19.7 Å². The molecule has 0 aliphatic rings. The molecule has 2 aromatic rings. The van der Waals surface area contributed by atoms with Gasteiger partial charge in [0.2, 0.25) is 0 Å². The molecule has 18 heavy (non-hydrogen) atoms. The molecule has 0 amide bonds. The molecule has 0 fully saturated rings. The van der Waals surface area contributed by atoms with Gasteiger partial charge in [-0.2, -0.15) is 5.10 Å². The third kappa shape index (κ3) is 2.43. The Bertz CT molecular complexity index is 546. The maximum Gasteiger partial charge on any atom is 0.126 e. The Balaban J connectivity index is 2.42. The van der Waals surface area contributed by atoms with E-state index in [0.717, 1.165) is 35.5 Å². The highest BCUT2D eigenvalue weighted by Crippen LogP contribution is 2.27. The van der Waals surface area contributed by atoms with Crippen LogP contribution in [0.25, 0.3) is 11.1 Å². The number of hydrogen-bond acceptors (Lipinski definition) is 2. The number of H-pyrrole nitrogens is 1. The highest BCUT2D eigenvalue weighted by Gasteiger charge is 2.12. The normalized spacial score (nSPS) is 10.9. The zero-order valence-electron chi connectivity index (χ0n) is 11.0. The molecule has 4 heteroatoms. The summed E-state index contributed by atoms with van der Waals surface area (Å²) < 4.78 is 13.3. The van der Waals surface area contributed by atoms with Gasteiger partial charge < -0.3 is 5.32 Å². The van der Waals surface area contributed by atoms with Crippen LogP contribution in [0.3, 0.4) is 0 Å². The summed E-state index contributed by atoms with van der Waals surface area (Å²) >= 11 is 0. The average molecular weight is 247 g/mol. The van der Waals surface area contributed by atoms with Crippen molar-refractivity contribution in [3.63, 3.8) is 0 Å². The van der Waals surface area contributed by atoms with Crippen molar-refractivity contribution in [1.82, 2.24) is 15.5 Å². The summed E-state index contributed by atoms with van der Waals surface area (Å²) in [4.78, 5) is 0. The van der Waals surface area contributed by atoms with Crippen molar-refractivity contribution in [2.45, 2.75) is 20.3 Å². The van der Waals surface area contributed by atoms with Crippen molar-refractivity contribution in [2.75, 3.05) is 13.6 Å². The van der Waals surface area contributed by atoms with E-state index in [0.29, 0.717) is 5.56 Å². The predicted molar refractivity (Wildman–Crippen MR) is 71.1 cm³/mol. The minimum absolute atomic E-state index is 0.170. The Labute approximate surface area is 106 Å². The number of halogens is 1. The standard InChI is InChI=1S/C14H18FN3/c1-9-8-11(4-5-12(9)15)14-10(2)17-18-13(14)6-7-16-3/h4-5,8,16H,6-7H2,1-3H3,(H,17,18). The van der Waals surface area contributed by atoms with E-state index in [1.807, 2.05) is 26.1 Å². The van der Waals surface area contributed by atoms with Crippen molar-refractivity contribution in [3.8, 4) is 11.1 Å². The molecule has 0 saturated carbocycles. The van der Waals surface area contributed by atoms with Gasteiger partial charge in [-0.25, -0.2) is 4.39 Å². The second kappa shape index (κ2) is 5.31. The molecule has 1 aromatic heterocycles. The summed E-state index contributed by atoms with van der Waals surface area (Å²) in [5, 5.41) is 10.4. The topological polar surface area (TPSA) is 40.7 Å². The molecule has 0 atom stereocenters. The number of likely N-dealkylation sites (N-methyl/N-ethyl adjacent to an activating group) is 1. The van der Waals surface area contributed by atoms with Crippen molar-refractivity contribution < 1.29 is 4.39 Å². The van der Waals surface area contributed by atoms with Gasteiger partial charge in [-0.05, 0) is 44.2 Å². The maximum atomic E-state index is 13.3. The molecule has 1 heterocycles. The van der Waals surface area contributed by atoms with Gasteiger partial charge in [0.25, 0.3) is 0 Å². The van der Waals surface area contributed by atoms with Crippen LogP contribution in [-0.2, 0) is 6.42 Å². The molecule has 3 nitrogen and oxygen atoms in total. The van der Waals surface area contributed by atoms with E-state index in [1.54, 1.807) is 6.92 Å². The Morgan fingerprint density at radius 1 is 1.33 bits per heavy atom. The van der Waals surface area contributed by atoms with E-state index in [9.17, 15) is 4.39 Å². The third-order valence-electron chi connectivity index (χ3n) is 3.08. The molecule has 2 N–H and O–H groups in total. The van der Waals surface area contributed by atoms with Gasteiger partial charge in [-0.3, -0.25) is 5.10 Å². The Kier molecular flexibility index (Phi) is 3.77. The third-order valence-corrected chi connectivity index (χ3v) is 3.08. The molecule has 2 rings (SSSR count). The minimum atomic E-state index is -0.170. The quantitative estimate of drug-likeness (QED) is 0.872. The first-order chi connectivity index (χ1) is 8.63. The number of benzene rings is 1. The van der Waals surface area contributed by atoms with Gasteiger partial charge in [-0.15, -0.1) is 0 Å². The molecule has 0 bridgehead atoms. The number of hydrogen-bond donors (Lipinski definition) is 2. The Morgan fingerprint density at radius 2 is 2.11 bits per heavy atom. The minimum Gasteiger partial charge on any atom is -0.319 e. The summed E-state index contributed by atoms with van der Waals surface area (Å²) in [6.07, 6.45) is 0.854. The zero-order valence-corrected chi connectivity index (χ0v) is 11.0. The monoisotopic (exact) mass is 247 g/mol. The van der Waals surface area contributed by atoms with Gasteiger partial charge in [0, 0.05) is 24.2 Å². The van der Waals surface area contributed by atoms with Gasteiger partial charge in [0.1, 0.15) is 5.82 Å². The number of aromatic amines is 1. The fourth-order valence-corrected chi connectivity index (χ4v) is 2.09. The van der Waals surface area contributed by atoms with Crippen molar-refractivity contribution in [3.05, 3.63) is 41.0 Å². The lowest BCUT2D eigenvalue weighted by molar-refractivity contribution is 0.619. The Hall–Kier alpha value is -1.68. The molecule has 0 spiro atoms. The van der Waals surface area contributed by atoms with E-state index in [4.69, 9.17) is 0 Å². The fourth-order valence-electron chi connectivity index (χ4n) is 2.09. The van der Waals surface area contributed by atoms with Crippen molar-refractivity contribution in [1.29, 1.82) is 0 Å². The molecule has 96 valence electrons. The van der Waals surface area contributed by atoms with Gasteiger partial charge in [-0.1, -0.05) is 6.07 Å². The largest absolute Gasteiger partial charge is 0.319 e. The Morgan fingerprint density at radius 3 is 2.78 bits per heavy atom. The average Bonchev–Trinajstić information content (AvgIpc) is 2.71. The highest BCUT2D eigenvalue weighted by molar-refractivity contribution is 5.69. The van der Waals surface area contributed by atoms with Gasteiger partial charge in [0.15, 0.2) is 0 Å². The molecule has 0 aliphatic heterocycles. The first-order valence-corrected chi connectivity index (χ1v) is 6.08. The number of nitrogens with zero attached hydrogens (tertiary/aromatic N) is 1. The van der Waals surface area contributed by atoms with E-state index in [-0.39, 0.29) is 5.82 Å². The van der Waals surface area contributed by atoms with Gasteiger partial charge >= 0.3 is 0 Å². The van der Waals surface area contributed by atoms with Crippen LogP contribution in [0.1, 0.15) is 17.0 Å². The van der Waals surface area contributed by atoms with E-state index >= 15 is 0 Å². The maximum absolute atomic E-state index is 13.3. The van der Waals surface area contributed by atoms with Crippen LogP contribution in [0.15, 0.2) is 18.2 Å². The zero-order chi connectivity index (χ0) is 13.1. The van der Waals surface area contributed by atoms with Crippen molar-refractivity contribution in [2.24, 2.45) is 0 Å². The molecule has 0 radical (unpaired) electrons. The lowest BCUT2D eigenvalue weighted by Crippen LogP contribution is -2.11. The summed E-state index contributed by atoms with van der Waals surface area (Å²) in [5.41, 5.74) is 4.81. The fraction of sp³-hybridized carbons (Fsp3) is 0.357. The molecule has 0 aliphatic carbocycles. The van der Waals surface area contributed by atoms with E-state index in [2.05, 4.69) is 15.5 Å². The molecule has 0 saturated heterocycles. The van der Waals surface area contributed by atoms with E-state index in [1.165, 1.54) is 6.07 Å². The SMILES string of the molecule is CNCCc1n[nH]c(C)c1-c1ccc(F)c(C)c1. The summed E-state index contributed by atoms with van der Waals surface area (Å²) in [7, 11) is 1.92. The lowest BCUT2D eigenvalue weighted by Gasteiger charge is -2.06. The predicted octanol–water partition coefficient (Wildman–Crippen LogP) is 2.59. The van der Waals surface area contributed by atoms with Gasteiger partial charge in [0.05, 0.1) is 5.69 Å². The number of aryl methyl sites for hydroxylation is 2. The van der Waals surface area contributed by atoms with Crippen LogP contribution < -0.4 is 5.32 Å². The molecule has 0 unspecified atom stereocenters.